The molecule has 5 aromatic rings. The van der Waals surface area contributed by atoms with Crippen molar-refractivity contribution in [2.45, 2.75) is 46.8 Å². The molecule has 1 N–H and O–H groups in total. The van der Waals surface area contributed by atoms with E-state index < -0.39 is 0 Å². The number of carbonyl (C=O) groups is 1. The van der Waals surface area contributed by atoms with Crippen LogP contribution in [-0.2, 0) is 17.8 Å². The number of carboxylic acid groups (broad SMARTS) is 1. The molecule has 3 aromatic carbocycles. The van der Waals surface area contributed by atoms with Gasteiger partial charge in [0.25, 0.3) is 6.47 Å². The molecule has 0 fully saturated rings. The minimum absolute atomic E-state index is 0.125. The molecule has 7 heteroatoms. The quantitative estimate of drug-likeness (QED) is 0.209. The van der Waals surface area contributed by atoms with Gasteiger partial charge >= 0.3 is 0 Å². The topological polar surface area (TPSA) is 77.2 Å². The van der Waals surface area contributed by atoms with Gasteiger partial charge in [-0.1, -0.05) is 73.1 Å². The number of aromatic nitrogens is 3. The van der Waals surface area contributed by atoms with Crippen molar-refractivity contribution in [2.75, 3.05) is 0 Å². The first-order chi connectivity index (χ1) is 18.2. The number of benzene rings is 3. The second-order valence-electron chi connectivity index (χ2n) is 10.4. The molecule has 2 aromatic heterocycles. The van der Waals surface area contributed by atoms with E-state index in [1.807, 2.05) is 36.4 Å². The Labute approximate surface area is 231 Å². The minimum atomic E-state index is -0.250. The number of hydrogen-bond acceptors (Lipinski definition) is 4. The van der Waals surface area contributed by atoms with Gasteiger partial charge in [0.2, 0.25) is 0 Å². The third-order valence-electron chi connectivity index (χ3n) is 6.20. The lowest BCUT2D eigenvalue weighted by atomic mass is 9.91. The molecule has 0 spiro atoms. The monoisotopic (exact) mass is 573 g/mol. The van der Waals surface area contributed by atoms with Crippen LogP contribution in [0.4, 0.5) is 0 Å². The van der Waals surface area contributed by atoms with Crippen LogP contribution in [0, 0.1) is 5.41 Å². The van der Waals surface area contributed by atoms with Crippen molar-refractivity contribution in [3.63, 3.8) is 0 Å². The van der Waals surface area contributed by atoms with Crippen LogP contribution in [-0.4, -0.2) is 26.1 Å². The van der Waals surface area contributed by atoms with Crippen LogP contribution in [0.25, 0.3) is 21.9 Å². The fourth-order valence-corrected chi connectivity index (χ4v) is 4.75. The molecule has 0 saturated heterocycles. The van der Waals surface area contributed by atoms with Crippen molar-refractivity contribution in [3.8, 4) is 5.75 Å². The van der Waals surface area contributed by atoms with Crippen molar-refractivity contribution >= 4 is 44.3 Å². The second-order valence-corrected chi connectivity index (χ2v) is 11.3. The Morgan fingerprint density at radius 3 is 2.39 bits per heavy atom. The molecule has 2 heterocycles. The highest BCUT2D eigenvalue weighted by atomic mass is 79.9. The zero-order valence-electron chi connectivity index (χ0n) is 22.1. The Morgan fingerprint density at radius 2 is 1.68 bits per heavy atom. The molecular weight excluding hydrogens is 542 g/mol. The fraction of sp³-hybridized carbons (Fsp3) is 0.258. The maximum absolute atomic E-state index is 8.36. The average molecular weight is 575 g/mol. The Bertz CT molecular complexity index is 1540. The molecule has 0 aliphatic carbocycles. The fourth-order valence-electron chi connectivity index (χ4n) is 4.49. The normalized spacial score (nSPS) is 12.1. The molecule has 0 aliphatic heterocycles. The maximum atomic E-state index is 8.36. The van der Waals surface area contributed by atoms with E-state index in [2.05, 4.69) is 90.7 Å². The Balaban J connectivity index is 0.00000107. The van der Waals surface area contributed by atoms with Crippen LogP contribution in [0.3, 0.4) is 0 Å². The summed E-state index contributed by atoms with van der Waals surface area (Å²) in [5, 5.41) is 8.02. The highest BCUT2D eigenvalue weighted by molar-refractivity contribution is 9.10. The van der Waals surface area contributed by atoms with Gasteiger partial charge in [-0.25, -0.2) is 9.97 Å². The van der Waals surface area contributed by atoms with E-state index in [-0.39, 0.29) is 17.9 Å². The van der Waals surface area contributed by atoms with Gasteiger partial charge in [-0.15, -0.1) is 0 Å². The van der Waals surface area contributed by atoms with Gasteiger partial charge in [-0.3, -0.25) is 4.79 Å². The van der Waals surface area contributed by atoms with Gasteiger partial charge in [0.15, 0.2) is 0 Å². The number of ether oxygens (including phenoxy) is 1. The highest BCUT2D eigenvalue weighted by Crippen LogP contribution is 2.32. The van der Waals surface area contributed by atoms with Crippen molar-refractivity contribution < 1.29 is 14.6 Å². The summed E-state index contributed by atoms with van der Waals surface area (Å²) in [6.45, 7) is 9.18. The molecule has 1 atom stereocenters. The molecule has 0 aliphatic rings. The van der Waals surface area contributed by atoms with Crippen molar-refractivity contribution in [1.82, 2.24) is 14.5 Å². The van der Waals surface area contributed by atoms with E-state index in [1.54, 1.807) is 0 Å². The van der Waals surface area contributed by atoms with Crippen LogP contribution in [0.2, 0.25) is 0 Å². The number of rotatable bonds is 6. The predicted molar refractivity (Wildman–Crippen MR) is 156 cm³/mol. The summed E-state index contributed by atoms with van der Waals surface area (Å²) in [5.41, 5.74) is 5.35. The van der Waals surface area contributed by atoms with Gasteiger partial charge in [-0.05, 0) is 54.3 Å². The summed E-state index contributed by atoms with van der Waals surface area (Å²) in [6, 6.07) is 27.2. The van der Waals surface area contributed by atoms with Crippen LogP contribution >= 0.6 is 15.9 Å². The van der Waals surface area contributed by atoms with Crippen molar-refractivity contribution in [1.29, 1.82) is 0 Å². The number of halogens is 1. The third-order valence-corrected chi connectivity index (χ3v) is 6.73. The van der Waals surface area contributed by atoms with Gasteiger partial charge in [0.05, 0.1) is 28.3 Å². The summed E-state index contributed by atoms with van der Waals surface area (Å²) in [7, 11) is 0. The Kier molecular flexibility index (Phi) is 8.47. The van der Waals surface area contributed by atoms with Gasteiger partial charge in [0, 0.05) is 22.3 Å². The van der Waals surface area contributed by atoms with Crippen LogP contribution < -0.4 is 4.74 Å². The molecule has 196 valence electrons. The lowest BCUT2D eigenvalue weighted by Crippen LogP contribution is -2.17. The van der Waals surface area contributed by atoms with E-state index in [9.17, 15) is 0 Å². The van der Waals surface area contributed by atoms with Crippen molar-refractivity contribution in [3.05, 3.63) is 100 Å². The van der Waals surface area contributed by atoms with Crippen LogP contribution in [0.1, 0.15) is 50.8 Å². The van der Waals surface area contributed by atoms with E-state index in [4.69, 9.17) is 24.6 Å². The Morgan fingerprint density at radius 1 is 0.974 bits per heavy atom. The SMILES string of the molecule is CC(c1ccc(Br)cc1)n1c(CC(C)(C)C)nc2cc(OCc3ccc4ccccc4n3)ccc21.O=CO. The standard InChI is InChI=1S/C30H30BrN3O.CH2O2/c1-20(21-9-12-23(31)13-10-21)34-28-16-15-25(17-27(28)33-29(34)18-30(2,3)4)35-19-24-14-11-22-7-5-6-8-26(22)32-24;2-1-3/h5-17,20H,18-19H2,1-4H3;1H,(H,2,3). The Hall–Kier alpha value is -3.71. The summed E-state index contributed by atoms with van der Waals surface area (Å²) >= 11 is 3.55. The minimum Gasteiger partial charge on any atom is -0.487 e. The van der Waals surface area contributed by atoms with E-state index in [0.29, 0.717) is 6.61 Å². The second kappa shape index (κ2) is 11.8. The van der Waals surface area contributed by atoms with Crippen LogP contribution in [0.5, 0.6) is 5.75 Å². The number of nitrogens with zero attached hydrogens (tertiary/aromatic N) is 3. The van der Waals surface area contributed by atoms with E-state index in [0.717, 1.165) is 50.1 Å². The number of hydrogen-bond donors (Lipinski definition) is 1. The molecule has 0 bridgehead atoms. The molecule has 1 unspecified atom stereocenters. The first-order valence-electron chi connectivity index (χ1n) is 12.5. The van der Waals surface area contributed by atoms with Gasteiger partial charge in [-0.2, -0.15) is 0 Å². The van der Waals surface area contributed by atoms with E-state index >= 15 is 0 Å². The lowest BCUT2D eigenvalue weighted by Gasteiger charge is -2.23. The van der Waals surface area contributed by atoms with Gasteiger partial charge in [0.1, 0.15) is 18.2 Å². The largest absolute Gasteiger partial charge is 0.487 e. The molecule has 0 radical (unpaired) electrons. The molecule has 38 heavy (non-hydrogen) atoms. The average Bonchev–Trinajstić information content (AvgIpc) is 3.23. The molecule has 5 rings (SSSR count). The molecular formula is C31H32BrN3O3. The predicted octanol–water partition coefficient (Wildman–Crippen LogP) is 7.82. The number of fused-ring (bicyclic) bond motifs is 2. The molecule has 0 saturated carbocycles. The number of pyridine rings is 1. The summed E-state index contributed by atoms with van der Waals surface area (Å²) in [5.74, 6) is 1.90. The first-order valence-corrected chi connectivity index (χ1v) is 13.3. The van der Waals surface area contributed by atoms with Crippen molar-refractivity contribution in [2.24, 2.45) is 5.41 Å². The maximum Gasteiger partial charge on any atom is 0.290 e. The molecule has 6 nitrogen and oxygen atoms in total. The summed E-state index contributed by atoms with van der Waals surface area (Å²) < 4.78 is 9.60. The lowest BCUT2D eigenvalue weighted by molar-refractivity contribution is -0.122. The first kappa shape index (κ1) is 27.3. The highest BCUT2D eigenvalue weighted by Gasteiger charge is 2.22. The van der Waals surface area contributed by atoms with E-state index in [1.165, 1.54) is 5.56 Å². The smallest absolute Gasteiger partial charge is 0.290 e. The molecule has 0 amide bonds. The number of imidazole rings is 1. The zero-order valence-corrected chi connectivity index (χ0v) is 23.6. The van der Waals surface area contributed by atoms with Crippen LogP contribution in [0.15, 0.2) is 83.3 Å². The summed E-state index contributed by atoms with van der Waals surface area (Å²) in [4.78, 5) is 18.2. The zero-order chi connectivity index (χ0) is 27.3. The third kappa shape index (κ3) is 6.58. The number of para-hydroxylation sites is 1. The summed E-state index contributed by atoms with van der Waals surface area (Å²) in [6.07, 6.45) is 0.889. The van der Waals surface area contributed by atoms with Gasteiger partial charge < -0.3 is 14.4 Å².